The van der Waals surface area contributed by atoms with Gasteiger partial charge in [0.25, 0.3) is 0 Å². The van der Waals surface area contributed by atoms with Gasteiger partial charge >= 0.3 is 19.8 Å². The average Bonchev–Trinajstić information content (AvgIpc) is 3.13. The van der Waals surface area contributed by atoms with Gasteiger partial charge in [-0.1, -0.05) is 134 Å². The smallest absolute Gasteiger partial charge is 0.472 e. The highest BCUT2D eigenvalue weighted by Gasteiger charge is 2.28. The molecule has 0 radical (unpaired) electrons. The van der Waals surface area contributed by atoms with Gasteiger partial charge in [0.1, 0.15) is 12.7 Å². The van der Waals surface area contributed by atoms with Crippen LogP contribution in [0.2, 0.25) is 0 Å². The normalized spacial score (nSPS) is 14.0. The number of rotatable bonds is 39. The molecule has 12 heteroatoms. The van der Waals surface area contributed by atoms with E-state index in [1.54, 1.807) is 0 Å². The minimum atomic E-state index is -4.75. The number of amides is 1. The van der Waals surface area contributed by atoms with Gasteiger partial charge in [-0.2, -0.15) is 0 Å². The van der Waals surface area contributed by atoms with E-state index in [1.165, 1.54) is 70.6 Å². The second-order valence-electron chi connectivity index (χ2n) is 14.2. The molecule has 4 N–H and O–H groups in total. The molecule has 310 valence electrons. The zero-order valence-electron chi connectivity index (χ0n) is 33.3. The number of aliphatic hydroxyl groups is 1. The molecule has 0 rings (SSSR count). The van der Waals surface area contributed by atoms with E-state index < -0.39 is 57.6 Å². The first kappa shape index (κ1) is 51.0. The standard InChI is InChI=1S/C41H76NO10P/c1-3-5-7-9-11-13-15-17-19-20-22-24-26-28-30-32-39(44)42-38(41(46)47)36-52-53(48,49)51-35-37(43)34-50-40(45)33-31-29-27-25-23-21-18-16-14-12-10-8-6-4-2/h16-19,37-38,43H,3-15,20-36H2,1-2H3,(H,42,44)(H,46,47)(H,48,49)/b18-16-,19-17-. The van der Waals surface area contributed by atoms with E-state index in [1.807, 2.05) is 0 Å². The van der Waals surface area contributed by atoms with E-state index in [9.17, 15) is 34.1 Å². The molecule has 53 heavy (non-hydrogen) atoms. The molecule has 11 nitrogen and oxygen atoms in total. The fourth-order valence-electron chi connectivity index (χ4n) is 5.66. The van der Waals surface area contributed by atoms with Crippen LogP contribution in [0.5, 0.6) is 0 Å². The number of phosphoric acid groups is 1. The predicted octanol–water partition coefficient (Wildman–Crippen LogP) is 10.3. The van der Waals surface area contributed by atoms with Crippen LogP contribution in [0.1, 0.15) is 187 Å². The summed E-state index contributed by atoms with van der Waals surface area (Å²) in [5.74, 6) is -2.39. The monoisotopic (exact) mass is 774 g/mol. The third kappa shape index (κ3) is 36.7. The summed E-state index contributed by atoms with van der Waals surface area (Å²) in [4.78, 5) is 45.8. The van der Waals surface area contributed by atoms with Crippen LogP contribution in [0.4, 0.5) is 0 Å². The van der Waals surface area contributed by atoms with Gasteiger partial charge in [-0.25, -0.2) is 9.36 Å². The quantitative estimate of drug-likeness (QED) is 0.0204. The van der Waals surface area contributed by atoms with Crippen LogP contribution in [-0.4, -0.2) is 64.9 Å². The maximum Gasteiger partial charge on any atom is 0.472 e. The summed E-state index contributed by atoms with van der Waals surface area (Å²) in [6, 6.07) is -1.55. The van der Waals surface area contributed by atoms with Gasteiger partial charge in [0.2, 0.25) is 5.91 Å². The van der Waals surface area contributed by atoms with E-state index >= 15 is 0 Å². The Hall–Kier alpha value is -2.04. The molecule has 0 fully saturated rings. The zero-order valence-corrected chi connectivity index (χ0v) is 34.2. The number of hydrogen-bond donors (Lipinski definition) is 4. The molecule has 0 aliphatic heterocycles. The molecular formula is C41H76NO10P. The van der Waals surface area contributed by atoms with Gasteiger partial charge in [0.05, 0.1) is 13.2 Å². The highest BCUT2D eigenvalue weighted by atomic mass is 31.2. The molecule has 0 aromatic heterocycles. The summed E-state index contributed by atoms with van der Waals surface area (Å²) in [5.41, 5.74) is 0. The van der Waals surface area contributed by atoms with Crippen LogP contribution in [0, 0.1) is 0 Å². The number of aliphatic hydroxyl groups excluding tert-OH is 1. The number of ether oxygens (including phenoxy) is 1. The van der Waals surface area contributed by atoms with Crippen molar-refractivity contribution >= 4 is 25.7 Å². The summed E-state index contributed by atoms with van der Waals surface area (Å²) in [6.07, 6.45) is 36.3. The Morgan fingerprint density at radius 2 is 0.981 bits per heavy atom. The van der Waals surface area contributed by atoms with Crippen LogP contribution in [0.25, 0.3) is 0 Å². The Labute approximate surface area is 321 Å². The number of phosphoric ester groups is 1. The van der Waals surface area contributed by atoms with E-state index in [-0.39, 0.29) is 12.8 Å². The van der Waals surface area contributed by atoms with Gasteiger partial charge in [0.15, 0.2) is 6.04 Å². The number of allylic oxidation sites excluding steroid dienone is 4. The van der Waals surface area contributed by atoms with Gasteiger partial charge in [0, 0.05) is 12.8 Å². The molecule has 0 saturated carbocycles. The van der Waals surface area contributed by atoms with Crippen molar-refractivity contribution in [1.29, 1.82) is 0 Å². The first-order chi connectivity index (χ1) is 25.6. The molecular weight excluding hydrogens is 697 g/mol. The van der Waals surface area contributed by atoms with Gasteiger partial charge in [-0.3, -0.25) is 18.6 Å². The van der Waals surface area contributed by atoms with Crippen molar-refractivity contribution in [3.8, 4) is 0 Å². The lowest BCUT2D eigenvalue weighted by Crippen LogP contribution is -2.43. The van der Waals surface area contributed by atoms with Crippen molar-refractivity contribution < 1.29 is 47.8 Å². The van der Waals surface area contributed by atoms with Crippen molar-refractivity contribution in [3.63, 3.8) is 0 Å². The van der Waals surface area contributed by atoms with Crippen molar-refractivity contribution in [2.24, 2.45) is 0 Å². The van der Waals surface area contributed by atoms with Crippen LogP contribution < -0.4 is 5.32 Å². The maximum atomic E-state index is 12.3. The molecule has 3 atom stereocenters. The number of nitrogens with one attached hydrogen (secondary N) is 1. The summed E-state index contributed by atoms with van der Waals surface area (Å²) >= 11 is 0. The Morgan fingerprint density at radius 3 is 1.43 bits per heavy atom. The molecule has 0 heterocycles. The molecule has 0 aliphatic rings. The second kappa shape index (κ2) is 36.9. The third-order valence-electron chi connectivity index (χ3n) is 8.96. The summed E-state index contributed by atoms with van der Waals surface area (Å²) in [7, 11) is -4.75. The first-order valence-electron chi connectivity index (χ1n) is 20.9. The van der Waals surface area contributed by atoms with Gasteiger partial charge in [-0.05, 0) is 64.2 Å². The van der Waals surface area contributed by atoms with Crippen molar-refractivity contribution in [3.05, 3.63) is 24.3 Å². The predicted molar refractivity (Wildman–Crippen MR) is 213 cm³/mol. The average molecular weight is 774 g/mol. The first-order valence-corrected chi connectivity index (χ1v) is 22.4. The Kier molecular flexibility index (Phi) is 35.5. The lowest BCUT2D eigenvalue weighted by atomic mass is 10.1. The molecule has 1 amide bonds. The van der Waals surface area contributed by atoms with Crippen molar-refractivity contribution in [1.82, 2.24) is 5.32 Å². The molecule has 0 aromatic carbocycles. The maximum absolute atomic E-state index is 12.3. The molecule has 3 unspecified atom stereocenters. The number of carboxylic acid groups (broad SMARTS) is 1. The largest absolute Gasteiger partial charge is 0.480 e. The van der Waals surface area contributed by atoms with Crippen LogP contribution >= 0.6 is 7.82 Å². The second-order valence-corrected chi connectivity index (χ2v) is 15.6. The lowest BCUT2D eigenvalue weighted by molar-refractivity contribution is -0.147. The van der Waals surface area contributed by atoms with E-state index in [2.05, 4.69) is 43.5 Å². The summed E-state index contributed by atoms with van der Waals surface area (Å²) < 4.78 is 26.8. The molecule has 0 aromatic rings. The van der Waals surface area contributed by atoms with Gasteiger partial charge < -0.3 is 25.2 Å². The number of esters is 1. The summed E-state index contributed by atoms with van der Waals surface area (Å²) in [6.45, 7) is 2.56. The fourth-order valence-corrected chi connectivity index (χ4v) is 6.43. The third-order valence-corrected chi connectivity index (χ3v) is 9.91. The Balaban J connectivity index is 3.95. The number of hydrogen-bond acceptors (Lipinski definition) is 8. The highest BCUT2D eigenvalue weighted by molar-refractivity contribution is 7.47. The minimum absolute atomic E-state index is 0.136. The van der Waals surface area contributed by atoms with E-state index in [0.29, 0.717) is 12.8 Å². The molecule has 0 aliphatic carbocycles. The molecule has 0 saturated heterocycles. The highest BCUT2D eigenvalue weighted by Crippen LogP contribution is 2.43. The number of unbranched alkanes of at least 4 members (excludes halogenated alkanes) is 21. The van der Waals surface area contributed by atoms with Crippen LogP contribution in [0.3, 0.4) is 0 Å². The Bertz CT molecular complexity index is 1010. The van der Waals surface area contributed by atoms with Gasteiger partial charge in [-0.15, -0.1) is 0 Å². The lowest BCUT2D eigenvalue weighted by Gasteiger charge is -2.18. The fraction of sp³-hybridized carbons (Fsp3) is 0.829. The van der Waals surface area contributed by atoms with Crippen LogP contribution in [-0.2, 0) is 32.7 Å². The van der Waals surface area contributed by atoms with E-state index in [0.717, 1.165) is 77.0 Å². The topological polar surface area (TPSA) is 169 Å². The molecule has 0 bridgehead atoms. The number of carbonyl (C=O) groups is 3. The van der Waals surface area contributed by atoms with Crippen LogP contribution in [0.15, 0.2) is 24.3 Å². The van der Waals surface area contributed by atoms with Crippen molar-refractivity contribution in [2.45, 2.75) is 199 Å². The minimum Gasteiger partial charge on any atom is -0.480 e. The SMILES string of the molecule is CCCCCCC/C=C\CCCCCCCC(=O)OCC(O)COP(=O)(O)OCC(NC(=O)CCCCCCC/C=C\CCCCCCCC)C(=O)O. The van der Waals surface area contributed by atoms with Crippen molar-refractivity contribution in [2.75, 3.05) is 19.8 Å². The number of carboxylic acids is 1. The summed E-state index contributed by atoms with van der Waals surface area (Å²) in [5, 5.41) is 21.8. The zero-order chi connectivity index (χ0) is 39.3. The Morgan fingerprint density at radius 1 is 0.585 bits per heavy atom. The van der Waals surface area contributed by atoms with E-state index in [4.69, 9.17) is 13.8 Å². The number of aliphatic carboxylic acids is 1. The molecule has 0 spiro atoms. The number of carbonyl (C=O) groups excluding carboxylic acids is 2.